The van der Waals surface area contributed by atoms with Gasteiger partial charge in [-0.1, -0.05) is 72.0 Å². The number of ether oxygens (including phenoxy) is 1. The molecule has 0 aliphatic rings. The molecule has 1 aromatic heterocycles. The summed E-state index contributed by atoms with van der Waals surface area (Å²) in [7, 11) is 0. The van der Waals surface area contributed by atoms with Crippen molar-refractivity contribution in [3.8, 4) is 5.75 Å². The molecule has 0 saturated heterocycles. The Kier molecular flexibility index (Phi) is 6.20. The summed E-state index contributed by atoms with van der Waals surface area (Å²) in [6.45, 7) is 3.03. The molecule has 0 saturated carbocycles. The third kappa shape index (κ3) is 4.75. The van der Waals surface area contributed by atoms with Crippen LogP contribution in [0.3, 0.4) is 0 Å². The van der Waals surface area contributed by atoms with E-state index in [9.17, 15) is 4.79 Å². The molecular formula is C25H22N2O2S. The summed E-state index contributed by atoms with van der Waals surface area (Å²) in [6, 6.07) is 25.6. The molecule has 1 heterocycles. The molecular weight excluding hydrogens is 392 g/mol. The van der Waals surface area contributed by atoms with Crippen LogP contribution in [0.4, 0.5) is 5.13 Å². The molecule has 0 unspecified atom stereocenters. The number of thiazole rings is 1. The molecule has 0 N–H and O–H groups in total. The van der Waals surface area contributed by atoms with E-state index < -0.39 is 0 Å². The minimum Gasteiger partial charge on any atom is -0.494 e. The highest BCUT2D eigenvalue weighted by Gasteiger charge is 2.18. The largest absolute Gasteiger partial charge is 0.494 e. The van der Waals surface area contributed by atoms with Crippen LogP contribution in [0.15, 0.2) is 84.9 Å². The standard InChI is InChI=1S/C25H22N2O2S/c1-2-29-21-14-15-22-23(17-21)30-25(26-22)27(18-20-11-7-4-8-12-20)24(28)16-13-19-9-5-3-6-10-19/h3-17H,2,18H2,1H3/b16-13+. The fourth-order valence-corrected chi connectivity index (χ4v) is 4.09. The van der Waals surface area contributed by atoms with Crippen molar-refractivity contribution >= 4 is 38.7 Å². The summed E-state index contributed by atoms with van der Waals surface area (Å²) in [5.41, 5.74) is 2.89. The minimum absolute atomic E-state index is 0.105. The first-order chi connectivity index (χ1) is 14.7. The lowest BCUT2D eigenvalue weighted by Crippen LogP contribution is -2.28. The Hall–Kier alpha value is -3.44. The Morgan fingerprint density at radius 2 is 1.77 bits per heavy atom. The normalized spacial score (nSPS) is 11.1. The highest BCUT2D eigenvalue weighted by atomic mass is 32.1. The van der Waals surface area contributed by atoms with Gasteiger partial charge in [-0.05, 0) is 42.3 Å². The Morgan fingerprint density at radius 1 is 1.03 bits per heavy atom. The molecule has 1 amide bonds. The first kappa shape index (κ1) is 19.9. The molecule has 0 spiro atoms. The average Bonchev–Trinajstić information content (AvgIpc) is 3.20. The van der Waals surface area contributed by atoms with E-state index in [0.717, 1.165) is 27.1 Å². The average molecular weight is 415 g/mol. The summed E-state index contributed by atoms with van der Waals surface area (Å²) in [5.74, 6) is 0.705. The Bertz CT molecular complexity index is 1150. The number of nitrogens with zero attached hydrogens (tertiary/aromatic N) is 2. The monoisotopic (exact) mass is 414 g/mol. The van der Waals surface area contributed by atoms with Gasteiger partial charge < -0.3 is 4.74 Å². The first-order valence-corrected chi connectivity index (χ1v) is 10.7. The van der Waals surface area contributed by atoms with Gasteiger partial charge in [-0.25, -0.2) is 4.98 Å². The van der Waals surface area contributed by atoms with Crippen LogP contribution in [0, 0.1) is 0 Å². The molecule has 4 nitrogen and oxygen atoms in total. The fourth-order valence-electron chi connectivity index (χ4n) is 3.09. The highest BCUT2D eigenvalue weighted by molar-refractivity contribution is 7.22. The molecule has 30 heavy (non-hydrogen) atoms. The maximum absolute atomic E-state index is 13.1. The number of amides is 1. The Balaban J connectivity index is 1.66. The van der Waals surface area contributed by atoms with Crippen LogP contribution in [0.25, 0.3) is 16.3 Å². The van der Waals surface area contributed by atoms with E-state index in [-0.39, 0.29) is 5.91 Å². The van der Waals surface area contributed by atoms with Crippen LogP contribution in [0.1, 0.15) is 18.1 Å². The molecule has 4 aromatic rings. The lowest BCUT2D eigenvalue weighted by molar-refractivity contribution is -0.114. The second-order valence-corrected chi connectivity index (χ2v) is 7.72. The Labute approximate surface area is 180 Å². The van der Waals surface area contributed by atoms with E-state index in [1.807, 2.05) is 91.9 Å². The molecule has 0 atom stereocenters. The number of rotatable bonds is 7. The predicted octanol–water partition coefficient (Wildman–Crippen LogP) is 5.94. The Morgan fingerprint density at radius 3 is 2.50 bits per heavy atom. The van der Waals surface area contributed by atoms with Crippen molar-refractivity contribution in [2.45, 2.75) is 13.5 Å². The van der Waals surface area contributed by atoms with Crippen LogP contribution in [0.5, 0.6) is 5.75 Å². The number of anilines is 1. The van der Waals surface area contributed by atoms with E-state index in [1.165, 1.54) is 11.3 Å². The first-order valence-electron chi connectivity index (χ1n) is 9.85. The molecule has 0 radical (unpaired) electrons. The van der Waals surface area contributed by atoms with Crippen LogP contribution in [-0.2, 0) is 11.3 Å². The van der Waals surface area contributed by atoms with Gasteiger partial charge in [0.25, 0.3) is 5.91 Å². The fraction of sp³-hybridized carbons (Fsp3) is 0.120. The zero-order valence-electron chi connectivity index (χ0n) is 16.7. The summed E-state index contributed by atoms with van der Waals surface area (Å²) in [5, 5.41) is 0.671. The number of carbonyl (C=O) groups excluding carboxylic acids is 1. The van der Waals surface area contributed by atoms with Gasteiger partial charge >= 0.3 is 0 Å². The number of benzene rings is 3. The molecule has 5 heteroatoms. The van der Waals surface area contributed by atoms with Gasteiger partial charge in [-0.15, -0.1) is 0 Å². The number of hydrogen-bond donors (Lipinski definition) is 0. The number of aromatic nitrogens is 1. The van der Waals surface area contributed by atoms with Crippen molar-refractivity contribution < 1.29 is 9.53 Å². The molecule has 3 aromatic carbocycles. The zero-order valence-corrected chi connectivity index (χ0v) is 17.5. The number of fused-ring (bicyclic) bond motifs is 1. The topological polar surface area (TPSA) is 42.4 Å². The van der Waals surface area contributed by atoms with Crippen molar-refractivity contribution in [1.82, 2.24) is 4.98 Å². The van der Waals surface area contributed by atoms with Crippen LogP contribution < -0.4 is 9.64 Å². The van der Waals surface area contributed by atoms with Gasteiger partial charge in [0.05, 0.1) is 23.4 Å². The zero-order chi connectivity index (χ0) is 20.8. The lowest BCUT2D eigenvalue weighted by Gasteiger charge is -2.18. The third-order valence-corrected chi connectivity index (χ3v) is 5.60. The molecule has 0 bridgehead atoms. The summed E-state index contributed by atoms with van der Waals surface area (Å²) in [4.78, 5) is 19.6. The maximum Gasteiger partial charge on any atom is 0.253 e. The van der Waals surface area contributed by atoms with Crippen molar-refractivity contribution in [3.05, 3.63) is 96.1 Å². The number of hydrogen-bond acceptors (Lipinski definition) is 4. The van der Waals surface area contributed by atoms with E-state index in [1.54, 1.807) is 11.0 Å². The van der Waals surface area contributed by atoms with Crippen LogP contribution in [-0.4, -0.2) is 17.5 Å². The molecule has 0 aliphatic heterocycles. The van der Waals surface area contributed by atoms with Gasteiger partial charge in [0.1, 0.15) is 5.75 Å². The molecule has 150 valence electrons. The van der Waals surface area contributed by atoms with Crippen LogP contribution in [0.2, 0.25) is 0 Å². The van der Waals surface area contributed by atoms with Crippen LogP contribution >= 0.6 is 11.3 Å². The van der Waals surface area contributed by atoms with Crippen molar-refractivity contribution in [2.24, 2.45) is 0 Å². The summed E-state index contributed by atoms with van der Waals surface area (Å²) in [6.07, 6.45) is 3.44. The number of carbonyl (C=O) groups is 1. The minimum atomic E-state index is -0.105. The maximum atomic E-state index is 13.1. The van der Waals surface area contributed by atoms with E-state index in [4.69, 9.17) is 9.72 Å². The SMILES string of the molecule is CCOc1ccc2nc(N(Cc3ccccc3)C(=O)/C=C/c3ccccc3)sc2c1. The second-order valence-electron chi connectivity index (χ2n) is 6.71. The van der Waals surface area contributed by atoms with Gasteiger partial charge in [0.15, 0.2) is 5.13 Å². The quantitative estimate of drug-likeness (QED) is 0.351. The van der Waals surface area contributed by atoms with Gasteiger partial charge in [-0.3, -0.25) is 9.69 Å². The molecule has 0 fully saturated rings. The van der Waals surface area contributed by atoms with Crippen molar-refractivity contribution in [1.29, 1.82) is 0 Å². The molecule has 4 rings (SSSR count). The van der Waals surface area contributed by atoms with Gasteiger partial charge in [-0.2, -0.15) is 0 Å². The third-order valence-electron chi connectivity index (χ3n) is 4.56. The van der Waals surface area contributed by atoms with Gasteiger partial charge in [0, 0.05) is 6.08 Å². The van der Waals surface area contributed by atoms with Gasteiger partial charge in [0.2, 0.25) is 0 Å². The van der Waals surface area contributed by atoms with Crippen molar-refractivity contribution in [3.63, 3.8) is 0 Å². The van der Waals surface area contributed by atoms with E-state index in [0.29, 0.717) is 18.3 Å². The van der Waals surface area contributed by atoms with Crippen molar-refractivity contribution in [2.75, 3.05) is 11.5 Å². The second kappa shape index (κ2) is 9.37. The predicted molar refractivity (Wildman–Crippen MR) is 124 cm³/mol. The highest BCUT2D eigenvalue weighted by Crippen LogP contribution is 2.32. The smallest absolute Gasteiger partial charge is 0.253 e. The summed E-state index contributed by atoms with van der Waals surface area (Å²) < 4.78 is 6.60. The summed E-state index contributed by atoms with van der Waals surface area (Å²) >= 11 is 1.49. The molecule has 0 aliphatic carbocycles. The van der Waals surface area contributed by atoms with E-state index >= 15 is 0 Å². The van der Waals surface area contributed by atoms with E-state index in [2.05, 4.69) is 0 Å². The lowest BCUT2D eigenvalue weighted by atomic mass is 10.2.